The molecule has 0 amide bonds. The van der Waals surface area contributed by atoms with Crippen molar-refractivity contribution in [2.75, 3.05) is 13.2 Å². The summed E-state index contributed by atoms with van der Waals surface area (Å²) in [5, 5.41) is 3.61. The topological polar surface area (TPSA) is 39.1 Å². The van der Waals surface area contributed by atoms with Crippen LogP contribution in [0.5, 0.6) is 0 Å². The zero-order valence-electron chi connectivity index (χ0n) is 11.6. The lowest BCUT2D eigenvalue weighted by Gasteiger charge is -2.34. The third-order valence-corrected chi connectivity index (χ3v) is 3.99. The molecule has 1 aromatic heterocycles. The molecule has 1 N–H and O–H groups in total. The van der Waals surface area contributed by atoms with Gasteiger partial charge >= 0.3 is 0 Å². The van der Waals surface area contributed by atoms with E-state index in [-0.39, 0.29) is 5.54 Å². The molecule has 0 aliphatic carbocycles. The number of rotatable bonds is 3. The molecule has 0 saturated carbocycles. The number of fused-ring (bicyclic) bond motifs is 1. The first-order valence-electron chi connectivity index (χ1n) is 6.91. The molecular weight excluding hydrogens is 238 g/mol. The Kier molecular flexibility index (Phi) is 3.29. The first kappa shape index (κ1) is 12.6. The highest BCUT2D eigenvalue weighted by atomic mass is 16.5. The van der Waals surface area contributed by atoms with Gasteiger partial charge in [-0.25, -0.2) is 4.98 Å². The molecule has 0 bridgehead atoms. The number of aromatic nitrogens is 2. The summed E-state index contributed by atoms with van der Waals surface area (Å²) < 4.78 is 7.74. The van der Waals surface area contributed by atoms with E-state index >= 15 is 0 Å². The SMILES string of the molecule is Cn1c(CNC2(C)CCCOC2)nc2ccccc21. The van der Waals surface area contributed by atoms with E-state index in [0.717, 1.165) is 43.9 Å². The summed E-state index contributed by atoms with van der Waals surface area (Å²) in [4.78, 5) is 4.69. The maximum atomic E-state index is 5.57. The van der Waals surface area contributed by atoms with Crippen LogP contribution in [0.25, 0.3) is 11.0 Å². The Morgan fingerprint density at radius 1 is 1.42 bits per heavy atom. The van der Waals surface area contributed by atoms with Gasteiger partial charge in [-0.3, -0.25) is 0 Å². The fourth-order valence-corrected chi connectivity index (χ4v) is 2.72. The van der Waals surface area contributed by atoms with Crippen LogP contribution in [0.3, 0.4) is 0 Å². The number of nitrogens with zero attached hydrogens (tertiary/aromatic N) is 2. The maximum Gasteiger partial charge on any atom is 0.123 e. The number of benzene rings is 1. The van der Waals surface area contributed by atoms with Crippen LogP contribution in [0, 0.1) is 0 Å². The van der Waals surface area contributed by atoms with Crippen LogP contribution in [-0.2, 0) is 18.3 Å². The number of hydrogen-bond acceptors (Lipinski definition) is 3. The summed E-state index contributed by atoms with van der Waals surface area (Å²) >= 11 is 0. The minimum Gasteiger partial charge on any atom is -0.380 e. The van der Waals surface area contributed by atoms with E-state index in [4.69, 9.17) is 4.74 Å². The van der Waals surface area contributed by atoms with Gasteiger partial charge in [-0.2, -0.15) is 0 Å². The standard InChI is InChI=1S/C15H21N3O/c1-15(8-5-9-19-11-15)16-10-14-17-12-6-3-4-7-13(12)18(14)2/h3-4,6-7,16H,5,8-11H2,1-2H3. The van der Waals surface area contributed by atoms with Crippen molar-refractivity contribution in [3.05, 3.63) is 30.1 Å². The average molecular weight is 259 g/mol. The summed E-state index contributed by atoms with van der Waals surface area (Å²) in [6.45, 7) is 4.69. The van der Waals surface area contributed by atoms with Crippen molar-refractivity contribution in [1.82, 2.24) is 14.9 Å². The van der Waals surface area contributed by atoms with E-state index in [1.54, 1.807) is 0 Å². The van der Waals surface area contributed by atoms with E-state index in [0.29, 0.717) is 0 Å². The van der Waals surface area contributed by atoms with E-state index in [1.165, 1.54) is 5.52 Å². The third-order valence-electron chi connectivity index (χ3n) is 3.99. The molecule has 1 atom stereocenters. The number of nitrogens with one attached hydrogen (secondary N) is 1. The summed E-state index contributed by atoms with van der Waals surface area (Å²) in [6, 6.07) is 8.25. The molecule has 19 heavy (non-hydrogen) atoms. The molecule has 1 aliphatic rings. The molecule has 1 unspecified atom stereocenters. The highest BCUT2D eigenvalue weighted by molar-refractivity contribution is 5.75. The van der Waals surface area contributed by atoms with Gasteiger partial charge in [-0.15, -0.1) is 0 Å². The van der Waals surface area contributed by atoms with Gasteiger partial charge in [-0.05, 0) is 31.9 Å². The lowest BCUT2D eigenvalue weighted by atomic mass is 9.95. The predicted molar refractivity (Wildman–Crippen MR) is 76.0 cm³/mol. The Morgan fingerprint density at radius 2 is 2.26 bits per heavy atom. The number of para-hydroxylation sites is 2. The lowest BCUT2D eigenvalue weighted by molar-refractivity contribution is 0.0274. The second-order valence-electron chi connectivity index (χ2n) is 5.65. The summed E-state index contributed by atoms with van der Waals surface area (Å²) in [7, 11) is 2.08. The Balaban J connectivity index is 1.76. The fraction of sp³-hybridized carbons (Fsp3) is 0.533. The van der Waals surface area contributed by atoms with E-state index < -0.39 is 0 Å². The van der Waals surface area contributed by atoms with Gasteiger partial charge < -0.3 is 14.6 Å². The molecule has 3 rings (SSSR count). The molecule has 0 radical (unpaired) electrons. The fourth-order valence-electron chi connectivity index (χ4n) is 2.72. The Labute approximate surface area is 113 Å². The van der Waals surface area contributed by atoms with Crippen molar-refractivity contribution >= 4 is 11.0 Å². The average Bonchev–Trinajstić information content (AvgIpc) is 2.75. The van der Waals surface area contributed by atoms with Gasteiger partial charge in [0.25, 0.3) is 0 Å². The van der Waals surface area contributed by atoms with Gasteiger partial charge in [0.2, 0.25) is 0 Å². The van der Waals surface area contributed by atoms with Crippen LogP contribution < -0.4 is 5.32 Å². The highest BCUT2D eigenvalue weighted by Gasteiger charge is 2.27. The van der Waals surface area contributed by atoms with Gasteiger partial charge in [0.05, 0.1) is 24.2 Å². The van der Waals surface area contributed by atoms with Crippen molar-refractivity contribution < 1.29 is 4.74 Å². The zero-order valence-corrected chi connectivity index (χ0v) is 11.6. The lowest BCUT2D eigenvalue weighted by Crippen LogP contribution is -2.48. The molecule has 4 nitrogen and oxygen atoms in total. The molecular formula is C15H21N3O. The van der Waals surface area contributed by atoms with Crippen LogP contribution in [0.1, 0.15) is 25.6 Å². The summed E-state index contributed by atoms with van der Waals surface area (Å²) in [6.07, 6.45) is 2.29. The molecule has 1 aromatic carbocycles. The molecule has 102 valence electrons. The van der Waals surface area contributed by atoms with Crippen molar-refractivity contribution in [3.8, 4) is 0 Å². The molecule has 0 spiro atoms. The second kappa shape index (κ2) is 4.94. The molecule has 1 fully saturated rings. The summed E-state index contributed by atoms with van der Waals surface area (Å²) in [5.74, 6) is 1.08. The minimum absolute atomic E-state index is 0.0797. The molecule has 1 aliphatic heterocycles. The predicted octanol–water partition coefficient (Wildman–Crippen LogP) is 2.23. The van der Waals surface area contributed by atoms with Gasteiger partial charge in [0.1, 0.15) is 5.82 Å². The monoisotopic (exact) mass is 259 g/mol. The first-order valence-corrected chi connectivity index (χ1v) is 6.91. The summed E-state index contributed by atoms with van der Waals surface area (Å²) in [5.41, 5.74) is 2.33. The zero-order chi connectivity index (χ0) is 13.3. The first-order chi connectivity index (χ1) is 9.18. The van der Waals surface area contributed by atoms with E-state index in [9.17, 15) is 0 Å². The van der Waals surface area contributed by atoms with Gasteiger partial charge in [-0.1, -0.05) is 12.1 Å². The van der Waals surface area contributed by atoms with Crippen LogP contribution in [-0.4, -0.2) is 28.3 Å². The molecule has 2 heterocycles. The van der Waals surface area contributed by atoms with Crippen molar-refractivity contribution in [2.45, 2.75) is 31.8 Å². The number of ether oxygens (including phenoxy) is 1. The quantitative estimate of drug-likeness (QED) is 0.918. The Bertz CT molecular complexity index is 570. The van der Waals surface area contributed by atoms with Gasteiger partial charge in [0.15, 0.2) is 0 Å². The second-order valence-corrected chi connectivity index (χ2v) is 5.65. The maximum absolute atomic E-state index is 5.57. The highest BCUT2D eigenvalue weighted by Crippen LogP contribution is 2.20. The molecule has 2 aromatic rings. The number of imidazole rings is 1. The number of hydrogen-bond donors (Lipinski definition) is 1. The van der Waals surface area contributed by atoms with Crippen LogP contribution in [0.4, 0.5) is 0 Å². The smallest absolute Gasteiger partial charge is 0.123 e. The van der Waals surface area contributed by atoms with Crippen molar-refractivity contribution in [3.63, 3.8) is 0 Å². The Morgan fingerprint density at radius 3 is 3.00 bits per heavy atom. The van der Waals surface area contributed by atoms with E-state index in [2.05, 4.69) is 47.0 Å². The third kappa shape index (κ3) is 2.51. The van der Waals surface area contributed by atoms with Crippen LogP contribution >= 0.6 is 0 Å². The largest absolute Gasteiger partial charge is 0.380 e. The van der Waals surface area contributed by atoms with Crippen LogP contribution in [0.15, 0.2) is 24.3 Å². The van der Waals surface area contributed by atoms with Gasteiger partial charge in [0, 0.05) is 19.2 Å². The number of aryl methyl sites for hydroxylation is 1. The van der Waals surface area contributed by atoms with E-state index in [1.807, 2.05) is 6.07 Å². The van der Waals surface area contributed by atoms with Crippen LogP contribution in [0.2, 0.25) is 0 Å². The normalized spacial score (nSPS) is 23.9. The molecule has 4 heteroatoms. The Hall–Kier alpha value is -1.39. The minimum atomic E-state index is 0.0797. The van der Waals surface area contributed by atoms with Crippen molar-refractivity contribution in [1.29, 1.82) is 0 Å². The van der Waals surface area contributed by atoms with Crippen molar-refractivity contribution in [2.24, 2.45) is 7.05 Å². The molecule has 1 saturated heterocycles.